The summed E-state index contributed by atoms with van der Waals surface area (Å²) in [5.74, 6) is 0. The van der Waals surface area contributed by atoms with Crippen molar-refractivity contribution in [2.45, 2.75) is 24.9 Å². The molecule has 0 radical (unpaired) electrons. The van der Waals surface area contributed by atoms with Crippen molar-refractivity contribution < 1.29 is 8.42 Å². The summed E-state index contributed by atoms with van der Waals surface area (Å²) in [6, 6.07) is 14.8. The molecule has 1 aliphatic heterocycles. The molecule has 1 aromatic heterocycles. The van der Waals surface area contributed by atoms with Gasteiger partial charge < -0.3 is 0 Å². The molecule has 0 unspecified atom stereocenters. The van der Waals surface area contributed by atoms with Gasteiger partial charge in [0.25, 0.3) is 0 Å². The zero-order chi connectivity index (χ0) is 18.9. The SMILES string of the molecule is CCn1cc(S(=O)(=O)N2CCN(Cc3cccc4ccccc34)CC2)cn1. The standard InChI is InChI=1S/C20H24N4O2S/c1-2-23-16-19(14-21-23)27(25,26)24-12-10-22(11-13-24)15-18-8-5-7-17-6-3-4-9-20(17)18/h3-9,14,16H,2,10-13,15H2,1H3. The molecule has 7 heteroatoms. The minimum atomic E-state index is -3.46. The van der Waals surface area contributed by atoms with E-state index in [9.17, 15) is 8.42 Å². The molecule has 0 bridgehead atoms. The Morgan fingerprint density at radius 2 is 1.74 bits per heavy atom. The summed E-state index contributed by atoms with van der Waals surface area (Å²) in [7, 11) is -3.46. The van der Waals surface area contributed by atoms with E-state index in [0.29, 0.717) is 19.6 Å². The van der Waals surface area contributed by atoms with Crippen LogP contribution < -0.4 is 0 Å². The first kappa shape index (κ1) is 18.2. The van der Waals surface area contributed by atoms with Crippen LogP contribution in [0.15, 0.2) is 59.8 Å². The molecule has 0 saturated carbocycles. The lowest BCUT2D eigenvalue weighted by Gasteiger charge is -2.33. The molecule has 27 heavy (non-hydrogen) atoms. The Bertz CT molecular complexity index is 1030. The van der Waals surface area contributed by atoms with Crippen molar-refractivity contribution in [2.75, 3.05) is 26.2 Å². The Labute approximate surface area is 160 Å². The third-order valence-electron chi connectivity index (χ3n) is 5.18. The Hall–Kier alpha value is -2.22. The molecule has 0 spiro atoms. The number of nitrogens with zero attached hydrogens (tertiary/aromatic N) is 4. The van der Waals surface area contributed by atoms with E-state index in [1.165, 1.54) is 22.5 Å². The molecule has 6 nitrogen and oxygen atoms in total. The van der Waals surface area contributed by atoms with Gasteiger partial charge in [-0.05, 0) is 23.3 Å². The highest BCUT2D eigenvalue weighted by Crippen LogP contribution is 2.22. The number of aromatic nitrogens is 2. The second-order valence-corrected chi connectivity index (χ2v) is 8.79. The molecule has 3 aromatic rings. The van der Waals surface area contributed by atoms with Gasteiger partial charge >= 0.3 is 0 Å². The number of aryl methyl sites for hydroxylation is 1. The zero-order valence-corrected chi connectivity index (χ0v) is 16.3. The largest absolute Gasteiger partial charge is 0.296 e. The molecule has 2 heterocycles. The van der Waals surface area contributed by atoms with Crippen LogP contribution >= 0.6 is 0 Å². The first-order valence-corrected chi connectivity index (χ1v) is 10.7. The van der Waals surface area contributed by atoms with Gasteiger partial charge in [0, 0.05) is 45.5 Å². The van der Waals surface area contributed by atoms with Gasteiger partial charge in [0.1, 0.15) is 4.90 Å². The molecule has 0 N–H and O–H groups in total. The normalized spacial score (nSPS) is 16.8. The fourth-order valence-electron chi connectivity index (χ4n) is 3.60. The molecule has 2 aromatic carbocycles. The summed E-state index contributed by atoms with van der Waals surface area (Å²) < 4.78 is 28.8. The maximum atomic E-state index is 12.8. The van der Waals surface area contributed by atoms with Crippen LogP contribution in [-0.2, 0) is 23.1 Å². The van der Waals surface area contributed by atoms with Crippen molar-refractivity contribution in [3.05, 3.63) is 60.4 Å². The lowest BCUT2D eigenvalue weighted by Crippen LogP contribution is -2.48. The minimum absolute atomic E-state index is 0.284. The molecule has 1 saturated heterocycles. The van der Waals surface area contributed by atoms with E-state index in [1.807, 2.05) is 6.92 Å². The summed E-state index contributed by atoms with van der Waals surface area (Å²) in [6.45, 7) is 5.90. The van der Waals surface area contributed by atoms with E-state index in [-0.39, 0.29) is 4.90 Å². The van der Waals surface area contributed by atoms with E-state index in [4.69, 9.17) is 0 Å². The van der Waals surface area contributed by atoms with Crippen LogP contribution in [0.5, 0.6) is 0 Å². The van der Waals surface area contributed by atoms with E-state index in [2.05, 4.69) is 52.5 Å². The first-order chi connectivity index (χ1) is 13.1. The van der Waals surface area contributed by atoms with Crippen LogP contribution in [0.25, 0.3) is 10.8 Å². The van der Waals surface area contributed by atoms with E-state index in [0.717, 1.165) is 19.6 Å². The minimum Gasteiger partial charge on any atom is -0.296 e. The molecule has 0 amide bonds. The second kappa shape index (κ2) is 7.42. The van der Waals surface area contributed by atoms with Gasteiger partial charge in [-0.15, -0.1) is 0 Å². The highest BCUT2D eigenvalue weighted by atomic mass is 32.2. The molecule has 1 aliphatic rings. The predicted octanol–water partition coefficient (Wildman–Crippen LogP) is 2.56. The molecule has 0 atom stereocenters. The van der Waals surface area contributed by atoms with Gasteiger partial charge in [-0.3, -0.25) is 9.58 Å². The van der Waals surface area contributed by atoms with E-state index >= 15 is 0 Å². The highest BCUT2D eigenvalue weighted by Gasteiger charge is 2.29. The zero-order valence-electron chi connectivity index (χ0n) is 15.5. The van der Waals surface area contributed by atoms with Gasteiger partial charge in [0.15, 0.2) is 0 Å². The lowest BCUT2D eigenvalue weighted by atomic mass is 10.0. The number of fused-ring (bicyclic) bond motifs is 1. The summed E-state index contributed by atoms with van der Waals surface area (Å²) in [5.41, 5.74) is 1.29. The van der Waals surface area contributed by atoms with Crippen molar-refractivity contribution >= 4 is 20.8 Å². The maximum Gasteiger partial charge on any atom is 0.246 e. The third-order valence-corrected chi connectivity index (χ3v) is 7.03. The number of hydrogen-bond acceptors (Lipinski definition) is 4. The van der Waals surface area contributed by atoms with Gasteiger partial charge in [0.2, 0.25) is 10.0 Å². The Morgan fingerprint density at radius 3 is 2.48 bits per heavy atom. The maximum absolute atomic E-state index is 12.8. The number of sulfonamides is 1. The smallest absolute Gasteiger partial charge is 0.246 e. The first-order valence-electron chi connectivity index (χ1n) is 9.29. The topological polar surface area (TPSA) is 58.4 Å². The highest BCUT2D eigenvalue weighted by molar-refractivity contribution is 7.89. The predicted molar refractivity (Wildman–Crippen MR) is 106 cm³/mol. The van der Waals surface area contributed by atoms with Crippen LogP contribution in [-0.4, -0.2) is 53.6 Å². The van der Waals surface area contributed by atoms with Gasteiger partial charge in [-0.1, -0.05) is 42.5 Å². The number of rotatable bonds is 5. The van der Waals surface area contributed by atoms with Crippen molar-refractivity contribution in [2.24, 2.45) is 0 Å². The van der Waals surface area contributed by atoms with Crippen molar-refractivity contribution in [3.8, 4) is 0 Å². The van der Waals surface area contributed by atoms with Gasteiger partial charge in [0.05, 0.1) is 6.20 Å². The third kappa shape index (κ3) is 3.63. The average molecular weight is 385 g/mol. The summed E-state index contributed by atoms with van der Waals surface area (Å²) in [4.78, 5) is 2.61. The summed E-state index contributed by atoms with van der Waals surface area (Å²) in [6.07, 6.45) is 3.05. The fourth-order valence-corrected chi connectivity index (χ4v) is 4.98. The summed E-state index contributed by atoms with van der Waals surface area (Å²) >= 11 is 0. The van der Waals surface area contributed by atoms with Crippen LogP contribution in [0.2, 0.25) is 0 Å². The van der Waals surface area contributed by atoms with Crippen LogP contribution in [0.1, 0.15) is 12.5 Å². The van der Waals surface area contributed by atoms with Gasteiger partial charge in [-0.2, -0.15) is 9.40 Å². The van der Waals surface area contributed by atoms with Crippen LogP contribution in [0.4, 0.5) is 0 Å². The van der Waals surface area contributed by atoms with Crippen molar-refractivity contribution in [1.82, 2.24) is 19.0 Å². The van der Waals surface area contributed by atoms with Crippen molar-refractivity contribution in [3.63, 3.8) is 0 Å². The number of hydrogen-bond donors (Lipinski definition) is 0. The monoisotopic (exact) mass is 384 g/mol. The second-order valence-electron chi connectivity index (χ2n) is 6.85. The van der Waals surface area contributed by atoms with E-state index in [1.54, 1.807) is 15.2 Å². The molecule has 4 rings (SSSR count). The molecule has 0 aliphatic carbocycles. The molecular weight excluding hydrogens is 360 g/mol. The Kier molecular flexibility index (Phi) is 4.99. The van der Waals surface area contributed by atoms with Crippen LogP contribution in [0.3, 0.4) is 0 Å². The number of piperazine rings is 1. The molecule has 142 valence electrons. The lowest BCUT2D eigenvalue weighted by molar-refractivity contribution is 0.182. The van der Waals surface area contributed by atoms with Crippen molar-refractivity contribution in [1.29, 1.82) is 0 Å². The van der Waals surface area contributed by atoms with E-state index < -0.39 is 10.0 Å². The quantitative estimate of drug-likeness (QED) is 0.678. The molecule has 1 fully saturated rings. The summed E-state index contributed by atoms with van der Waals surface area (Å²) in [5, 5.41) is 6.60. The van der Waals surface area contributed by atoms with Gasteiger partial charge in [-0.25, -0.2) is 8.42 Å². The molecular formula is C20H24N4O2S. The average Bonchev–Trinajstić information content (AvgIpc) is 3.19. The fraction of sp³-hybridized carbons (Fsp3) is 0.350. The number of benzene rings is 2. The Balaban J connectivity index is 1.44. The van der Waals surface area contributed by atoms with Crippen LogP contribution in [0, 0.1) is 0 Å². The Morgan fingerprint density at radius 1 is 1.00 bits per heavy atom.